The number of hydrogen-bond donors (Lipinski definition) is 2. The molecule has 1 radical (unpaired) electrons. The first-order valence-electron chi connectivity index (χ1n) is 21.8. The molecule has 2 N–H and O–H groups in total. The number of pyridine rings is 1. The molecule has 2 bridgehead atoms. The Kier molecular flexibility index (Phi) is 18.5. The van der Waals surface area contributed by atoms with E-state index in [0.29, 0.717) is 28.7 Å². The Hall–Kier alpha value is -4.12. The van der Waals surface area contributed by atoms with Crippen LogP contribution in [0.3, 0.4) is 0 Å². The fourth-order valence-electron chi connectivity index (χ4n) is 8.61. The number of phenolic OH excluding ortho intramolecular Hbond substituents is 2. The van der Waals surface area contributed by atoms with Crippen molar-refractivity contribution >= 4 is 49.6 Å². The molecule has 3 aliphatic heterocycles. The summed E-state index contributed by atoms with van der Waals surface area (Å²) in [6.45, 7) is 26.6. The summed E-state index contributed by atoms with van der Waals surface area (Å²) in [4.78, 5) is 31.6. The standard InChI is InChI=1S/C50H64N4O5.Co.6FH.Sb/c1-13-31-29-54-19-17-32(31)23-43(54)46(37-16-18-52-41-15-14-36(58-12)25-38(37)41)59-47(57)42(53-27-33-20-30(2)21-39(44(33)55)49(6,7)8)28-51-26-34-22-35(48(3,4)5)24-40(45(34)56)50(9,10)11;;;;;;;;/h13-16,18,20-22,24-27,31-32,42-43,46,55-56H,1,17,19,23,28-29H2,2-12H3;;6*1H;/q;;;;;;;;+5/p-6/t31?,32?,42-,43?,46+;;;;;;;;/m0......../s1. The van der Waals surface area contributed by atoms with Gasteiger partial charge in [-0.2, -0.15) is 0 Å². The topological polar surface area (TPSA) is 117 Å². The normalized spacial score (nSPS) is 20.1. The molecule has 9 nitrogen and oxygen atoms in total. The zero-order chi connectivity index (χ0) is 48.5. The van der Waals surface area contributed by atoms with Gasteiger partial charge in [-0.05, 0) is 102 Å². The number of esters is 1. The summed E-state index contributed by atoms with van der Waals surface area (Å²) >= 11 is -9.19. The van der Waals surface area contributed by atoms with Gasteiger partial charge in [0.05, 0.1) is 25.2 Å². The first kappa shape index (κ1) is 57.2. The third-order valence-electron chi connectivity index (χ3n) is 12.1. The Morgan fingerprint density at radius 2 is 1.51 bits per heavy atom. The van der Waals surface area contributed by atoms with Crippen LogP contribution in [-0.4, -0.2) is 97.6 Å². The molecule has 4 unspecified atom stereocenters. The molecule has 7 rings (SSSR count). The van der Waals surface area contributed by atoms with Crippen LogP contribution >= 0.6 is 0 Å². The number of aliphatic imine (C=N–C) groups is 2. The van der Waals surface area contributed by atoms with E-state index in [0.717, 1.165) is 64.7 Å². The van der Waals surface area contributed by atoms with Crippen LogP contribution in [0.15, 0.2) is 77.4 Å². The van der Waals surface area contributed by atoms with Crippen molar-refractivity contribution in [2.45, 2.75) is 117 Å². The van der Waals surface area contributed by atoms with E-state index in [1.165, 1.54) is 0 Å². The van der Waals surface area contributed by atoms with Crippen molar-refractivity contribution in [2.24, 2.45) is 21.8 Å². The number of nitrogens with zero attached hydrogens (tertiary/aromatic N) is 4. The predicted octanol–water partition coefficient (Wildman–Crippen LogP) is 8.66. The first-order chi connectivity index (χ1) is 29.9. The van der Waals surface area contributed by atoms with Gasteiger partial charge in [0.25, 0.3) is 0 Å². The molecule has 0 amide bonds. The molecule has 371 valence electrons. The Morgan fingerprint density at radius 1 is 0.910 bits per heavy atom. The fraction of sp³-hybridized carbons (Fsp3) is 0.480. The summed E-state index contributed by atoms with van der Waals surface area (Å²) in [5.74, 6) is 1.25. The van der Waals surface area contributed by atoms with Gasteiger partial charge in [-0.15, -0.1) is 6.58 Å². The average Bonchev–Trinajstić information content (AvgIpc) is 3.20. The second-order valence-corrected chi connectivity index (χ2v) is 23.9. The number of piperidine rings is 3. The van der Waals surface area contributed by atoms with Crippen LogP contribution in [0.4, 0.5) is 14.1 Å². The summed E-state index contributed by atoms with van der Waals surface area (Å²) in [5, 5.41) is 23.8. The Balaban J connectivity index is 0.00000139. The summed E-state index contributed by atoms with van der Waals surface area (Å²) in [7, 11) is 1.64. The first-order valence-corrected chi connectivity index (χ1v) is 26.6. The van der Waals surface area contributed by atoms with Crippen molar-refractivity contribution in [1.82, 2.24) is 9.88 Å². The van der Waals surface area contributed by atoms with Gasteiger partial charge in [-0.1, -0.05) is 80.5 Å². The molecule has 3 aliphatic rings. The van der Waals surface area contributed by atoms with Gasteiger partial charge in [-0.3, -0.25) is 19.9 Å². The maximum absolute atomic E-state index is 14.8. The number of aromatic hydroxyl groups is 2. The number of ether oxygens (including phenoxy) is 2. The number of halogens is 6. The van der Waals surface area contributed by atoms with Crippen molar-refractivity contribution in [2.75, 3.05) is 26.7 Å². The molecule has 0 spiro atoms. The zero-order valence-corrected chi connectivity index (χ0v) is 43.6. The SMILES string of the molecule is C=CC1CN2CCC1CC2[C@H](OC(=O)[C@H](CN=Cc1cc(C(C)(C)C)cc(C(C)(C)C)c1O)N=Cc1cc(C)cc(C(C)(C)C)c1O)c1ccnc2ccc(OC)cc12.[Co].[F-].[F][Sb]([F])([F])([F])[F]. The van der Waals surface area contributed by atoms with E-state index in [2.05, 4.69) is 90.9 Å². The minimum absolute atomic E-state index is 0. The van der Waals surface area contributed by atoms with Crippen LogP contribution in [0, 0.1) is 18.8 Å². The molecule has 3 fully saturated rings. The Labute approximate surface area is 406 Å². The molecule has 4 heterocycles. The molecular weight excluding hydrogens is 1030 g/mol. The van der Waals surface area contributed by atoms with Gasteiger partial charge in [0.1, 0.15) is 23.4 Å². The molecule has 4 aromatic rings. The van der Waals surface area contributed by atoms with E-state index in [-0.39, 0.29) is 61.8 Å². The second kappa shape index (κ2) is 21.7. The van der Waals surface area contributed by atoms with E-state index in [1.807, 2.05) is 49.4 Å². The average molecular weight is 1100 g/mol. The van der Waals surface area contributed by atoms with Crippen molar-refractivity contribution in [3.8, 4) is 17.2 Å². The summed E-state index contributed by atoms with van der Waals surface area (Å²) in [5.41, 5.74) is 5.55. The van der Waals surface area contributed by atoms with Crippen LogP contribution in [-0.2, 0) is 42.6 Å². The van der Waals surface area contributed by atoms with Gasteiger partial charge in [0, 0.05) is 75.2 Å². The molecule has 67 heavy (non-hydrogen) atoms. The van der Waals surface area contributed by atoms with Crippen molar-refractivity contribution < 1.29 is 60.0 Å². The number of carbonyl (C=O) groups is 1. The van der Waals surface area contributed by atoms with Crippen LogP contribution in [0.2, 0.25) is 0 Å². The number of aromatic nitrogens is 1. The van der Waals surface area contributed by atoms with Gasteiger partial charge in [-0.25, -0.2) is 4.79 Å². The molecule has 17 heteroatoms. The molecule has 3 saturated heterocycles. The number of hydrogen-bond acceptors (Lipinski definition) is 9. The van der Waals surface area contributed by atoms with Crippen molar-refractivity contribution in [3.63, 3.8) is 0 Å². The second-order valence-electron chi connectivity index (χ2n) is 20.3. The van der Waals surface area contributed by atoms with Crippen LogP contribution in [0.25, 0.3) is 10.9 Å². The van der Waals surface area contributed by atoms with Gasteiger partial charge in [0.2, 0.25) is 0 Å². The summed E-state index contributed by atoms with van der Waals surface area (Å²) in [6.07, 6.45) is 8.31. The van der Waals surface area contributed by atoms with Crippen LogP contribution < -0.4 is 9.44 Å². The van der Waals surface area contributed by atoms with Gasteiger partial charge in [0.15, 0.2) is 6.04 Å². The van der Waals surface area contributed by atoms with Crippen molar-refractivity contribution in [3.05, 3.63) is 106 Å². The number of methoxy groups -OCH3 is 1. The Morgan fingerprint density at radius 3 is 2.04 bits per heavy atom. The van der Waals surface area contributed by atoms with Gasteiger partial charge >= 0.3 is 40.3 Å². The maximum atomic E-state index is 14.8. The van der Waals surface area contributed by atoms with E-state index in [4.69, 9.17) is 19.5 Å². The molecule has 3 aromatic carbocycles. The number of benzene rings is 3. The number of phenols is 2. The molecular formula is C50H64CoF6N4O5Sb-. The van der Waals surface area contributed by atoms with E-state index < -0.39 is 38.4 Å². The Bertz CT molecular complexity index is 2440. The van der Waals surface area contributed by atoms with Crippen molar-refractivity contribution in [1.29, 1.82) is 0 Å². The third-order valence-corrected chi connectivity index (χ3v) is 12.1. The van der Waals surface area contributed by atoms with Crippen LogP contribution in [0.5, 0.6) is 17.2 Å². The third kappa shape index (κ3) is 15.2. The summed E-state index contributed by atoms with van der Waals surface area (Å²) in [6, 6.07) is 14.4. The number of carbonyl (C=O) groups excluding carboxylic acids is 1. The monoisotopic (exact) mass is 1090 g/mol. The molecule has 0 aliphatic carbocycles. The molecule has 6 atom stereocenters. The number of aryl methyl sites for hydroxylation is 1. The number of fused-ring (bicyclic) bond motifs is 4. The predicted molar refractivity (Wildman–Crippen MR) is 251 cm³/mol. The van der Waals surface area contributed by atoms with E-state index in [9.17, 15) is 29.1 Å². The van der Waals surface area contributed by atoms with Gasteiger partial charge < -0.3 is 24.4 Å². The molecule has 1 aromatic heterocycles. The number of rotatable bonds is 11. The minimum atomic E-state index is -9.19. The van der Waals surface area contributed by atoms with Crippen LogP contribution in [0.1, 0.15) is 120 Å². The zero-order valence-electron chi connectivity index (χ0n) is 40.0. The fourth-order valence-corrected chi connectivity index (χ4v) is 8.61. The molecule has 0 saturated carbocycles. The summed E-state index contributed by atoms with van der Waals surface area (Å²) < 4.78 is 61.9. The quantitative estimate of drug-likeness (QED) is 0.0508. The van der Waals surface area contributed by atoms with E-state index >= 15 is 0 Å². The van der Waals surface area contributed by atoms with E-state index in [1.54, 1.807) is 25.7 Å².